The van der Waals surface area contributed by atoms with Crippen LogP contribution in [-0.2, 0) is 46.5 Å². The Kier molecular flexibility index (Phi) is 13.6. The van der Waals surface area contributed by atoms with Crippen molar-refractivity contribution in [2.45, 2.75) is 101 Å². The van der Waals surface area contributed by atoms with Crippen molar-refractivity contribution in [1.82, 2.24) is 46.4 Å². The monoisotopic (exact) mass is 744 g/mol. The Balaban J connectivity index is 1.62. The fourth-order valence-corrected chi connectivity index (χ4v) is 7.46. The van der Waals surface area contributed by atoms with E-state index in [9.17, 15) is 33.6 Å². The standard InChI is InChI=1S/C32H44N10O7S2/c1-16-27(45)37-18(3)29(47)41-24(31(49)40-23(26(33)44)11-20-12-34-15-35-20)14-51-32-21-8-10-50-25(21)13-42(32)9-6-5-7-22(39-19(4)43)30(48)38-17(2)28(46)36-16/h8,10,12-13,15-18,22-24H,5-7,9,11,14H2,1-4H3,(H2,33,44)(H,34,35)(H,36,46)(H,37,45)(H,38,48)(H,39,43)(H,40,49)(H,41,47)/t16-,17-,18-,22-,23-,24-/m0/s1. The third-order valence-corrected chi connectivity index (χ3v) is 10.3. The van der Waals surface area contributed by atoms with Crippen LogP contribution in [0, 0.1) is 0 Å². The number of nitrogens with zero attached hydrogens (tertiary/aromatic N) is 2. The van der Waals surface area contributed by atoms with Gasteiger partial charge in [-0.25, -0.2) is 4.98 Å². The van der Waals surface area contributed by atoms with E-state index in [1.54, 1.807) is 17.5 Å². The number of H-pyrrole nitrogens is 1. The second-order valence-electron chi connectivity index (χ2n) is 12.4. The summed E-state index contributed by atoms with van der Waals surface area (Å²) in [5.41, 5.74) is 6.11. The first-order chi connectivity index (χ1) is 24.2. The van der Waals surface area contributed by atoms with Gasteiger partial charge in [0, 0.05) is 43.4 Å². The zero-order chi connectivity index (χ0) is 37.2. The smallest absolute Gasteiger partial charge is 0.244 e. The number of thioether (sulfide) groups is 1. The lowest BCUT2D eigenvalue weighted by Crippen LogP contribution is -2.58. The summed E-state index contributed by atoms with van der Waals surface area (Å²) in [6.07, 6.45) is 6.52. The van der Waals surface area contributed by atoms with Gasteiger partial charge in [0.2, 0.25) is 41.4 Å². The number of carbonyl (C=O) groups excluding carboxylic acids is 7. The maximum Gasteiger partial charge on any atom is 0.244 e. The largest absolute Gasteiger partial charge is 0.368 e. The predicted molar refractivity (Wildman–Crippen MR) is 190 cm³/mol. The van der Waals surface area contributed by atoms with E-state index >= 15 is 0 Å². The van der Waals surface area contributed by atoms with Gasteiger partial charge < -0.3 is 47.2 Å². The number of aryl methyl sites for hydroxylation is 1. The van der Waals surface area contributed by atoms with E-state index in [1.807, 2.05) is 22.2 Å². The quantitative estimate of drug-likeness (QED) is 0.161. The molecule has 0 saturated carbocycles. The van der Waals surface area contributed by atoms with E-state index in [4.69, 9.17) is 5.73 Å². The number of aromatic nitrogens is 3. The molecule has 7 amide bonds. The summed E-state index contributed by atoms with van der Waals surface area (Å²) in [4.78, 5) is 97.2. The lowest BCUT2D eigenvalue weighted by Gasteiger charge is -2.24. The number of aromatic amines is 1. The van der Waals surface area contributed by atoms with Crippen molar-refractivity contribution in [3.8, 4) is 0 Å². The average molecular weight is 745 g/mol. The number of hydrogen-bond acceptors (Lipinski definition) is 10. The van der Waals surface area contributed by atoms with Crippen LogP contribution in [0.3, 0.4) is 0 Å². The van der Waals surface area contributed by atoms with Gasteiger partial charge in [-0.15, -0.1) is 23.1 Å². The summed E-state index contributed by atoms with van der Waals surface area (Å²) in [7, 11) is 0. The summed E-state index contributed by atoms with van der Waals surface area (Å²) < 4.78 is 3.05. The molecule has 17 nitrogen and oxygen atoms in total. The van der Waals surface area contributed by atoms with Crippen molar-refractivity contribution in [2.24, 2.45) is 5.73 Å². The first kappa shape index (κ1) is 38.9. The molecule has 0 aliphatic carbocycles. The van der Waals surface area contributed by atoms with Crippen LogP contribution in [-0.4, -0.2) is 97.9 Å². The minimum absolute atomic E-state index is 0.0232. The van der Waals surface area contributed by atoms with Crippen molar-refractivity contribution < 1.29 is 33.6 Å². The summed E-state index contributed by atoms with van der Waals surface area (Å²) in [5, 5.41) is 19.4. The third kappa shape index (κ3) is 10.8. The van der Waals surface area contributed by atoms with Gasteiger partial charge in [0.15, 0.2) is 0 Å². The Labute approximate surface area is 302 Å². The number of hydrogen-bond donors (Lipinski definition) is 8. The van der Waals surface area contributed by atoms with Gasteiger partial charge in [-0.05, 0) is 51.5 Å². The maximum atomic E-state index is 13.7. The van der Waals surface area contributed by atoms with E-state index in [0.29, 0.717) is 31.5 Å². The lowest BCUT2D eigenvalue weighted by molar-refractivity contribution is -0.134. The van der Waals surface area contributed by atoms with E-state index in [0.717, 1.165) is 15.1 Å². The van der Waals surface area contributed by atoms with Crippen LogP contribution in [0.4, 0.5) is 0 Å². The molecule has 0 spiro atoms. The predicted octanol–water partition coefficient (Wildman–Crippen LogP) is -0.582. The Hall–Kier alpha value is -4.91. The molecule has 1 aliphatic rings. The molecule has 6 atom stereocenters. The van der Waals surface area contributed by atoms with E-state index < -0.39 is 77.6 Å². The molecule has 4 heterocycles. The molecule has 0 saturated heterocycles. The molecule has 3 aromatic rings. The van der Waals surface area contributed by atoms with Crippen LogP contribution in [0.5, 0.6) is 0 Å². The Morgan fingerprint density at radius 3 is 2.24 bits per heavy atom. The second-order valence-corrected chi connectivity index (χ2v) is 14.3. The van der Waals surface area contributed by atoms with Crippen molar-refractivity contribution >= 4 is 74.5 Å². The maximum absolute atomic E-state index is 13.7. The number of thiophene rings is 1. The number of nitrogens with two attached hydrogens (primary N) is 1. The van der Waals surface area contributed by atoms with Crippen LogP contribution in [0.25, 0.3) is 10.1 Å². The fourth-order valence-electron chi connectivity index (χ4n) is 5.36. The van der Waals surface area contributed by atoms with Crippen LogP contribution in [0.1, 0.15) is 52.7 Å². The molecule has 0 fully saturated rings. The molecule has 51 heavy (non-hydrogen) atoms. The zero-order valence-corrected chi connectivity index (χ0v) is 30.4. The Morgan fingerprint density at radius 2 is 1.63 bits per heavy atom. The molecule has 0 bridgehead atoms. The van der Waals surface area contributed by atoms with Gasteiger partial charge in [-0.1, -0.05) is 0 Å². The highest BCUT2D eigenvalue weighted by molar-refractivity contribution is 7.99. The molecule has 3 aromatic heterocycles. The van der Waals surface area contributed by atoms with Crippen LogP contribution in [0.2, 0.25) is 0 Å². The van der Waals surface area contributed by atoms with E-state index in [1.165, 1.54) is 45.8 Å². The number of carbonyl (C=O) groups is 7. The minimum Gasteiger partial charge on any atom is -0.368 e. The summed E-state index contributed by atoms with van der Waals surface area (Å²) in [6, 6.07) is -4.47. The number of amides is 7. The van der Waals surface area contributed by atoms with E-state index in [2.05, 4.69) is 41.9 Å². The average Bonchev–Trinajstić information content (AvgIpc) is 3.82. The zero-order valence-electron chi connectivity index (χ0n) is 28.7. The van der Waals surface area contributed by atoms with Gasteiger partial charge in [0.25, 0.3) is 0 Å². The highest BCUT2D eigenvalue weighted by Crippen LogP contribution is 2.34. The molecule has 19 heteroatoms. The summed E-state index contributed by atoms with van der Waals surface area (Å²) in [5.74, 6) is -4.35. The molecular weight excluding hydrogens is 701 g/mol. The minimum atomic E-state index is -1.16. The fraction of sp³-hybridized carbons (Fsp3) is 0.500. The molecule has 0 unspecified atom stereocenters. The van der Waals surface area contributed by atoms with Crippen LogP contribution in [0.15, 0.2) is 35.2 Å². The topological polar surface area (TPSA) is 251 Å². The van der Waals surface area contributed by atoms with Gasteiger partial charge in [0.1, 0.15) is 36.3 Å². The Bertz CT molecular complexity index is 1740. The van der Waals surface area contributed by atoms with Crippen molar-refractivity contribution in [3.05, 3.63) is 35.9 Å². The Morgan fingerprint density at radius 1 is 0.980 bits per heavy atom. The molecule has 9 N–H and O–H groups in total. The lowest BCUT2D eigenvalue weighted by atomic mass is 10.1. The van der Waals surface area contributed by atoms with Crippen LogP contribution >= 0.6 is 23.1 Å². The number of nitrogens with one attached hydrogen (secondary N) is 7. The normalized spacial score (nSPS) is 23.7. The van der Waals surface area contributed by atoms with Crippen molar-refractivity contribution in [1.29, 1.82) is 0 Å². The van der Waals surface area contributed by atoms with Gasteiger partial charge >= 0.3 is 0 Å². The number of imidazole rings is 1. The summed E-state index contributed by atoms with van der Waals surface area (Å²) in [6.45, 7) is 6.15. The van der Waals surface area contributed by atoms with E-state index in [-0.39, 0.29) is 12.2 Å². The molecular formula is C32H44N10O7S2. The molecule has 4 rings (SSSR count). The molecule has 276 valence electrons. The van der Waals surface area contributed by atoms with Crippen molar-refractivity contribution in [3.63, 3.8) is 0 Å². The molecule has 0 aromatic carbocycles. The van der Waals surface area contributed by atoms with Crippen molar-refractivity contribution in [2.75, 3.05) is 5.75 Å². The highest BCUT2D eigenvalue weighted by Gasteiger charge is 2.31. The summed E-state index contributed by atoms with van der Waals surface area (Å²) >= 11 is 2.88. The van der Waals surface area contributed by atoms with Gasteiger partial charge in [-0.3, -0.25) is 33.6 Å². The van der Waals surface area contributed by atoms with Gasteiger partial charge in [-0.2, -0.15) is 0 Å². The third-order valence-electron chi connectivity index (χ3n) is 8.20. The first-order valence-electron chi connectivity index (χ1n) is 16.5. The SMILES string of the molecule is CC(=O)N[C@H]1CCCCn2cc3sccc3c2SC[C@@H](C(=O)N[C@@H](Cc2c[nH]cn2)C(N)=O)NC(=O)[C@H](C)NC(=O)[C@H](C)NC(=O)[C@H](C)NC1=O. The highest BCUT2D eigenvalue weighted by atomic mass is 32.2. The molecule has 1 aliphatic heterocycles. The number of fused-ring (bicyclic) bond motifs is 3. The van der Waals surface area contributed by atoms with Gasteiger partial charge in [0.05, 0.1) is 21.7 Å². The molecule has 0 radical (unpaired) electrons. The number of rotatable bonds is 6. The second kappa shape index (κ2) is 17.8. The first-order valence-corrected chi connectivity index (χ1v) is 18.3. The van der Waals surface area contributed by atoms with Crippen LogP contribution < -0.4 is 37.6 Å². The number of primary amides is 1.